The van der Waals surface area contributed by atoms with Crippen molar-refractivity contribution in [2.45, 2.75) is 26.3 Å². The Morgan fingerprint density at radius 1 is 1.56 bits per heavy atom. The lowest BCUT2D eigenvalue weighted by Crippen LogP contribution is -2.29. The summed E-state index contributed by atoms with van der Waals surface area (Å²) in [4.78, 5) is 2.55. The van der Waals surface area contributed by atoms with Crippen LogP contribution in [0.1, 0.15) is 20.3 Å². The molecule has 1 rings (SSSR count). The van der Waals surface area contributed by atoms with Crippen molar-refractivity contribution in [2.24, 2.45) is 0 Å². The van der Waals surface area contributed by atoms with Crippen molar-refractivity contribution in [3.8, 4) is 0 Å². The van der Waals surface area contributed by atoms with Gasteiger partial charge < -0.3 is 0 Å². The molecule has 0 aliphatic carbocycles. The summed E-state index contributed by atoms with van der Waals surface area (Å²) < 4.78 is 0. The van der Waals surface area contributed by atoms with Gasteiger partial charge in [0, 0.05) is 17.7 Å². The highest BCUT2D eigenvalue weighted by Crippen LogP contribution is 2.21. The molecule has 1 aliphatic heterocycles. The zero-order valence-electron chi connectivity index (χ0n) is 6.26. The van der Waals surface area contributed by atoms with E-state index in [1.54, 1.807) is 0 Å². The predicted octanol–water partition coefficient (Wildman–Crippen LogP) is 1.79. The molecule has 0 radical (unpaired) electrons. The molecule has 1 heterocycles. The SMILES string of the molecule is CCC1CSCN1CC. The first kappa shape index (κ1) is 7.42. The number of hydrogen-bond acceptors (Lipinski definition) is 2. The lowest BCUT2D eigenvalue weighted by molar-refractivity contribution is 0.273. The van der Waals surface area contributed by atoms with E-state index in [0.29, 0.717) is 0 Å². The number of rotatable bonds is 2. The van der Waals surface area contributed by atoms with Crippen molar-refractivity contribution in [3.05, 3.63) is 0 Å². The van der Waals surface area contributed by atoms with Crippen molar-refractivity contribution in [2.75, 3.05) is 18.2 Å². The minimum Gasteiger partial charge on any atom is -0.291 e. The lowest BCUT2D eigenvalue weighted by atomic mass is 10.2. The fraction of sp³-hybridized carbons (Fsp3) is 1.00. The first-order chi connectivity index (χ1) is 4.38. The molecule has 0 aromatic heterocycles. The first-order valence-electron chi connectivity index (χ1n) is 3.70. The van der Waals surface area contributed by atoms with Gasteiger partial charge in [-0.1, -0.05) is 13.8 Å². The molecule has 1 fully saturated rings. The smallest absolute Gasteiger partial charge is 0.0448 e. The Bertz CT molecular complexity index is 75.0. The third kappa shape index (κ3) is 1.62. The van der Waals surface area contributed by atoms with Gasteiger partial charge in [0.15, 0.2) is 0 Å². The normalized spacial score (nSPS) is 29.3. The number of nitrogens with zero attached hydrogens (tertiary/aromatic N) is 1. The van der Waals surface area contributed by atoms with Crippen molar-refractivity contribution in [1.29, 1.82) is 0 Å². The quantitative estimate of drug-likeness (QED) is 0.583. The molecule has 0 spiro atoms. The number of thioether (sulfide) groups is 1. The fourth-order valence-electron chi connectivity index (χ4n) is 1.24. The van der Waals surface area contributed by atoms with E-state index in [-0.39, 0.29) is 0 Å². The summed E-state index contributed by atoms with van der Waals surface area (Å²) in [6.45, 7) is 5.75. The van der Waals surface area contributed by atoms with Gasteiger partial charge in [-0.3, -0.25) is 4.90 Å². The van der Waals surface area contributed by atoms with Gasteiger partial charge in [0.25, 0.3) is 0 Å². The van der Waals surface area contributed by atoms with Gasteiger partial charge in [-0.05, 0) is 13.0 Å². The van der Waals surface area contributed by atoms with Crippen LogP contribution in [0.25, 0.3) is 0 Å². The maximum Gasteiger partial charge on any atom is 0.0448 e. The van der Waals surface area contributed by atoms with Crippen LogP contribution >= 0.6 is 11.8 Å². The third-order valence-electron chi connectivity index (χ3n) is 1.96. The maximum absolute atomic E-state index is 2.55. The van der Waals surface area contributed by atoms with Crippen LogP contribution in [0, 0.1) is 0 Å². The molecular formula is C7H15NS. The summed E-state index contributed by atoms with van der Waals surface area (Å²) in [7, 11) is 0. The second-order valence-corrected chi connectivity index (χ2v) is 3.47. The Hall–Kier alpha value is 0.310. The van der Waals surface area contributed by atoms with Crippen molar-refractivity contribution in [3.63, 3.8) is 0 Å². The average Bonchev–Trinajstić information content (AvgIpc) is 2.33. The molecule has 0 N–H and O–H groups in total. The van der Waals surface area contributed by atoms with Gasteiger partial charge in [-0.25, -0.2) is 0 Å². The fourth-order valence-corrected chi connectivity index (χ4v) is 2.69. The van der Waals surface area contributed by atoms with E-state index in [9.17, 15) is 0 Å². The average molecular weight is 145 g/mol. The molecule has 9 heavy (non-hydrogen) atoms. The van der Waals surface area contributed by atoms with E-state index >= 15 is 0 Å². The van der Waals surface area contributed by atoms with Crippen LogP contribution < -0.4 is 0 Å². The Morgan fingerprint density at radius 2 is 2.33 bits per heavy atom. The molecule has 1 saturated heterocycles. The Balaban J connectivity index is 2.32. The van der Waals surface area contributed by atoms with Crippen molar-refractivity contribution >= 4 is 11.8 Å². The second-order valence-electron chi connectivity index (χ2n) is 2.47. The first-order valence-corrected chi connectivity index (χ1v) is 4.85. The van der Waals surface area contributed by atoms with Crippen LogP contribution in [0.4, 0.5) is 0 Å². The van der Waals surface area contributed by atoms with Crippen LogP contribution in [0.15, 0.2) is 0 Å². The molecule has 54 valence electrons. The molecule has 0 saturated carbocycles. The molecule has 1 aliphatic rings. The monoisotopic (exact) mass is 145 g/mol. The van der Waals surface area contributed by atoms with E-state index in [1.165, 1.54) is 24.6 Å². The van der Waals surface area contributed by atoms with Crippen LogP contribution in [0.5, 0.6) is 0 Å². The largest absolute Gasteiger partial charge is 0.291 e. The minimum atomic E-state index is 0.875. The molecule has 0 amide bonds. The third-order valence-corrected chi connectivity index (χ3v) is 3.10. The Labute approximate surface area is 61.8 Å². The molecule has 1 nitrogen and oxygen atoms in total. The van der Waals surface area contributed by atoms with Gasteiger partial charge >= 0.3 is 0 Å². The van der Waals surface area contributed by atoms with Gasteiger partial charge in [0.05, 0.1) is 0 Å². The van der Waals surface area contributed by atoms with Crippen LogP contribution in [0.2, 0.25) is 0 Å². The Kier molecular flexibility index (Phi) is 2.86. The summed E-state index contributed by atoms with van der Waals surface area (Å²) in [5.41, 5.74) is 0. The molecular weight excluding hydrogens is 130 g/mol. The van der Waals surface area contributed by atoms with Gasteiger partial charge in [0.2, 0.25) is 0 Å². The van der Waals surface area contributed by atoms with E-state index in [4.69, 9.17) is 0 Å². The topological polar surface area (TPSA) is 3.24 Å². The highest BCUT2D eigenvalue weighted by molar-refractivity contribution is 7.99. The number of hydrogen-bond donors (Lipinski definition) is 0. The standard InChI is InChI=1S/C7H15NS/c1-3-7-5-9-6-8(7)4-2/h7H,3-6H2,1-2H3. The van der Waals surface area contributed by atoms with Crippen LogP contribution in [-0.2, 0) is 0 Å². The van der Waals surface area contributed by atoms with E-state index in [2.05, 4.69) is 30.5 Å². The predicted molar refractivity (Wildman–Crippen MR) is 43.8 cm³/mol. The van der Waals surface area contributed by atoms with Crippen LogP contribution in [0.3, 0.4) is 0 Å². The zero-order valence-corrected chi connectivity index (χ0v) is 7.08. The van der Waals surface area contributed by atoms with Gasteiger partial charge in [-0.2, -0.15) is 0 Å². The lowest BCUT2D eigenvalue weighted by Gasteiger charge is -2.19. The summed E-state index contributed by atoms with van der Waals surface area (Å²) in [6, 6.07) is 0.875. The molecule has 0 aromatic carbocycles. The van der Waals surface area contributed by atoms with E-state index < -0.39 is 0 Å². The summed E-state index contributed by atoms with van der Waals surface area (Å²) in [6.07, 6.45) is 1.32. The van der Waals surface area contributed by atoms with E-state index in [0.717, 1.165) is 6.04 Å². The van der Waals surface area contributed by atoms with Crippen LogP contribution in [-0.4, -0.2) is 29.1 Å². The van der Waals surface area contributed by atoms with Gasteiger partial charge in [-0.15, -0.1) is 11.8 Å². The summed E-state index contributed by atoms with van der Waals surface area (Å²) >= 11 is 2.07. The van der Waals surface area contributed by atoms with Gasteiger partial charge in [0.1, 0.15) is 0 Å². The summed E-state index contributed by atoms with van der Waals surface area (Å²) in [5.74, 6) is 2.61. The highest BCUT2D eigenvalue weighted by atomic mass is 32.2. The molecule has 0 aromatic rings. The Morgan fingerprint density at radius 3 is 2.78 bits per heavy atom. The second kappa shape index (κ2) is 3.47. The van der Waals surface area contributed by atoms with Crippen molar-refractivity contribution in [1.82, 2.24) is 4.90 Å². The van der Waals surface area contributed by atoms with E-state index in [1.807, 2.05) is 0 Å². The molecule has 1 unspecified atom stereocenters. The van der Waals surface area contributed by atoms with Crippen molar-refractivity contribution < 1.29 is 0 Å². The molecule has 0 bridgehead atoms. The highest BCUT2D eigenvalue weighted by Gasteiger charge is 2.20. The minimum absolute atomic E-state index is 0.875. The molecule has 1 atom stereocenters. The maximum atomic E-state index is 2.55. The zero-order chi connectivity index (χ0) is 6.69. The molecule has 2 heteroatoms. The summed E-state index contributed by atoms with van der Waals surface area (Å²) in [5, 5.41) is 0.